The van der Waals surface area contributed by atoms with E-state index >= 15 is 0 Å². The summed E-state index contributed by atoms with van der Waals surface area (Å²) < 4.78 is 6.87. The standard InChI is InChI=1S/C22H17N3O5S/c1-13-18(21(27)30-2)19(15-6-4-3-5-7-15)24-20(26)17(31-22(24)23-13)12-14-8-10-16(11-9-14)25(28)29/h3-12,19H,1-2H3/b17-12-/t19-/m0/s1. The second-order valence-corrected chi connectivity index (χ2v) is 7.84. The third kappa shape index (κ3) is 3.71. The maximum absolute atomic E-state index is 13.3. The van der Waals surface area contributed by atoms with E-state index in [1.165, 1.54) is 35.1 Å². The van der Waals surface area contributed by atoms with Gasteiger partial charge in [-0.1, -0.05) is 41.7 Å². The van der Waals surface area contributed by atoms with E-state index in [0.717, 1.165) is 5.56 Å². The minimum atomic E-state index is -0.663. The van der Waals surface area contributed by atoms with Crippen LogP contribution in [0, 0.1) is 10.1 Å². The molecule has 4 rings (SSSR count). The van der Waals surface area contributed by atoms with E-state index in [1.807, 2.05) is 30.3 Å². The molecule has 0 saturated heterocycles. The van der Waals surface area contributed by atoms with Crippen LogP contribution in [0.1, 0.15) is 24.1 Å². The van der Waals surface area contributed by atoms with Crippen molar-refractivity contribution in [2.75, 3.05) is 7.11 Å². The number of hydrogen-bond acceptors (Lipinski definition) is 7. The number of non-ortho nitro benzene ring substituents is 1. The maximum Gasteiger partial charge on any atom is 0.338 e. The lowest BCUT2D eigenvalue weighted by Crippen LogP contribution is -2.39. The molecule has 1 aliphatic rings. The van der Waals surface area contributed by atoms with E-state index in [2.05, 4.69) is 4.99 Å². The number of ether oxygens (including phenoxy) is 1. The van der Waals surface area contributed by atoms with Gasteiger partial charge in [-0.15, -0.1) is 0 Å². The van der Waals surface area contributed by atoms with Gasteiger partial charge in [0, 0.05) is 12.1 Å². The fourth-order valence-electron chi connectivity index (χ4n) is 3.49. The van der Waals surface area contributed by atoms with Crippen molar-refractivity contribution >= 4 is 29.1 Å². The Morgan fingerprint density at radius 3 is 2.48 bits per heavy atom. The summed E-state index contributed by atoms with van der Waals surface area (Å²) >= 11 is 1.20. The van der Waals surface area contributed by atoms with Crippen LogP contribution in [-0.4, -0.2) is 22.6 Å². The van der Waals surface area contributed by atoms with Crippen LogP contribution >= 0.6 is 11.3 Å². The van der Waals surface area contributed by atoms with Crippen LogP contribution in [0.2, 0.25) is 0 Å². The molecule has 0 saturated carbocycles. The summed E-state index contributed by atoms with van der Waals surface area (Å²) in [6, 6.07) is 14.5. The number of nitro groups is 1. The first-order chi connectivity index (χ1) is 14.9. The molecule has 2 heterocycles. The average molecular weight is 435 g/mol. The van der Waals surface area contributed by atoms with Crippen LogP contribution in [0.25, 0.3) is 6.08 Å². The zero-order valence-corrected chi connectivity index (χ0v) is 17.5. The lowest BCUT2D eigenvalue weighted by molar-refractivity contribution is -0.384. The normalized spacial score (nSPS) is 15.9. The minimum Gasteiger partial charge on any atom is -0.466 e. The number of aromatic nitrogens is 1. The second-order valence-electron chi connectivity index (χ2n) is 6.83. The summed E-state index contributed by atoms with van der Waals surface area (Å²) in [5.74, 6) is -0.542. The van der Waals surface area contributed by atoms with Crippen molar-refractivity contribution in [3.63, 3.8) is 0 Å². The molecule has 0 fully saturated rings. The zero-order valence-electron chi connectivity index (χ0n) is 16.6. The van der Waals surface area contributed by atoms with Gasteiger partial charge >= 0.3 is 5.97 Å². The number of rotatable bonds is 4. The number of carbonyl (C=O) groups excluding carboxylic acids is 1. The Bertz CT molecular complexity index is 1390. The third-order valence-electron chi connectivity index (χ3n) is 4.94. The van der Waals surface area contributed by atoms with Gasteiger partial charge < -0.3 is 4.74 Å². The summed E-state index contributed by atoms with van der Waals surface area (Å²) in [7, 11) is 1.30. The second kappa shape index (κ2) is 8.11. The summed E-state index contributed by atoms with van der Waals surface area (Å²) in [4.78, 5) is 41.2. The van der Waals surface area contributed by atoms with Gasteiger partial charge in [0.05, 0.1) is 33.9 Å². The van der Waals surface area contributed by atoms with E-state index in [0.29, 0.717) is 26.2 Å². The first-order valence-electron chi connectivity index (χ1n) is 9.31. The Morgan fingerprint density at radius 2 is 1.87 bits per heavy atom. The molecule has 0 N–H and O–H groups in total. The smallest absolute Gasteiger partial charge is 0.338 e. The molecular formula is C22H17N3O5S. The molecule has 0 amide bonds. The molecule has 3 aromatic rings. The van der Waals surface area contributed by atoms with Crippen LogP contribution in [0.3, 0.4) is 0 Å². The van der Waals surface area contributed by atoms with Crippen LogP contribution in [0.5, 0.6) is 0 Å². The fraction of sp³-hybridized carbons (Fsp3) is 0.136. The Kier molecular flexibility index (Phi) is 5.35. The predicted octanol–water partition coefficient (Wildman–Crippen LogP) is 2.32. The monoisotopic (exact) mass is 435 g/mol. The molecule has 0 aliphatic carbocycles. The van der Waals surface area contributed by atoms with E-state index in [4.69, 9.17) is 4.74 Å². The van der Waals surface area contributed by atoms with Crippen molar-refractivity contribution in [3.8, 4) is 0 Å². The Morgan fingerprint density at radius 1 is 1.19 bits per heavy atom. The molecular weight excluding hydrogens is 418 g/mol. The van der Waals surface area contributed by atoms with Crippen molar-refractivity contribution < 1.29 is 14.5 Å². The van der Waals surface area contributed by atoms with Crippen molar-refractivity contribution in [3.05, 3.63) is 107 Å². The van der Waals surface area contributed by atoms with E-state index in [1.54, 1.807) is 25.1 Å². The molecule has 31 heavy (non-hydrogen) atoms. The zero-order chi connectivity index (χ0) is 22.1. The van der Waals surface area contributed by atoms with Crippen molar-refractivity contribution in [1.29, 1.82) is 0 Å². The highest BCUT2D eigenvalue weighted by Crippen LogP contribution is 2.30. The van der Waals surface area contributed by atoms with Gasteiger partial charge in [0.2, 0.25) is 0 Å². The highest BCUT2D eigenvalue weighted by Gasteiger charge is 2.32. The predicted molar refractivity (Wildman–Crippen MR) is 115 cm³/mol. The molecule has 0 radical (unpaired) electrons. The van der Waals surface area contributed by atoms with Gasteiger partial charge in [-0.05, 0) is 36.3 Å². The topological polar surface area (TPSA) is 104 Å². The number of nitro benzene ring substituents is 1. The maximum atomic E-state index is 13.3. The number of thiazole rings is 1. The summed E-state index contributed by atoms with van der Waals surface area (Å²) in [5, 5.41) is 10.9. The molecule has 0 unspecified atom stereocenters. The Labute approximate surface area is 180 Å². The number of carbonyl (C=O) groups is 1. The third-order valence-corrected chi connectivity index (χ3v) is 5.93. The number of fused-ring (bicyclic) bond motifs is 1. The molecule has 0 bridgehead atoms. The number of allylic oxidation sites excluding steroid dienone is 1. The molecule has 8 nitrogen and oxygen atoms in total. The Balaban J connectivity index is 1.92. The van der Waals surface area contributed by atoms with Crippen LogP contribution in [0.15, 0.2) is 75.7 Å². The van der Waals surface area contributed by atoms with Gasteiger partial charge in [-0.2, -0.15) is 0 Å². The molecule has 1 atom stereocenters. The van der Waals surface area contributed by atoms with Crippen LogP contribution in [0.4, 0.5) is 5.69 Å². The number of methoxy groups -OCH3 is 1. The lowest BCUT2D eigenvalue weighted by atomic mass is 9.96. The summed E-state index contributed by atoms with van der Waals surface area (Å²) in [6.45, 7) is 1.72. The summed E-state index contributed by atoms with van der Waals surface area (Å²) in [6.07, 6.45) is 1.66. The van der Waals surface area contributed by atoms with Gasteiger partial charge in [0.1, 0.15) is 0 Å². The van der Waals surface area contributed by atoms with Gasteiger partial charge in [-0.25, -0.2) is 9.79 Å². The minimum absolute atomic E-state index is 0.0268. The van der Waals surface area contributed by atoms with Crippen molar-refractivity contribution in [2.45, 2.75) is 13.0 Å². The fourth-order valence-corrected chi connectivity index (χ4v) is 4.53. The molecule has 1 aliphatic heterocycles. The molecule has 0 spiro atoms. The van der Waals surface area contributed by atoms with Crippen LogP contribution in [-0.2, 0) is 9.53 Å². The van der Waals surface area contributed by atoms with Gasteiger partial charge in [0.25, 0.3) is 11.2 Å². The summed E-state index contributed by atoms with van der Waals surface area (Å²) in [5.41, 5.74) is 1.88. The highest BCUT2D eigenvalue weighted by atomic mass is 32.1. The first-order valence-corrected chi connectivity index (χ1v) is 10.1. The molecule has 1 aromatic heterocycles. The van der Waals surface area contributed by atoms with Gasteiger partial charge in [-0.3, -0.25) is 19.5 Å². The first kappa shape index (κ1) is 20.4. The van der Waals surface area contributed by atoms with E-state index in [-0.39, 0.29) is 11.2 Å². The molecule has 156 valence electrons. The lowest BCUT2D eigenvalue weighted by Gasteiger charge is -2.24. The number of hydrogen-bond donors (Lipinski definition) is 0. The molecule has 2 aromatic carbocycles. The quantitative estimate of drug-likeness (QED) is 0.355. The number of esters is 1. The van der Waals surface area contributed by atoms with Crippen LogP contribution < -0.4 is 14.9 Å². The average Bonchev–Trinajstić information content (AvgIpc) is 3.07. The number of benzene rings is 2. The van der Waals surface area contributed by atoms with Gasteiger partial charge in [0.15, 0.2) is 4.80 Å². The highest BCUT2D eigenvalue weighted by molar-refractivity contribution is 7.07. The SMILES string of the molecule is COC(=O)C1=C(C)N=c2s/c(=C\c3ccc([N+](=O)[O-])cc3)c(=O)n2[C@H]1c1ccccc1. The number of nitrogens with zero attached hydrogens (tertiary/aromatic N) is 3. The molecule has 9 heteroatoms. The van der Waals surface area contributed by atoms with Crippen molar-refractivity contribution in [2.24, 2.45) is 4.99 Å². The van der Waals surface area contributed by atoms with Crippen molar-refractivity contribution in [1.82, 2.24) is 4.57 Å². The van der Waals surface area contributed by atoms with E-state index in [9.17, 15) is 19.7 Å². The largest absolute Gasteiger partial charge is 0.466 e. The Hall–Kier alpha value is -3.85. The van der Waals surface area contributed by atoms with E-state index < -0.39 is 16.9 Å².